The molecule has 1 N–H and O–H groups in total. The van der Waals surface area contributed by atoms with E-state index in [4.69, 9.17) is 9.47 Å². The Morgan fingerprint density at radius 1 is 1.19 bits per heavy atom. The molecule has 0 spiro atoms. The number of thioether (sulfide) groups is 1. The molecule has 10 heteroatoms. The number of hydrogen-bond donors (Lipinski definition) is 1. The van der Waals surface area contributed by atoms with Crippen molar-refractivity contribution in [1.82, 2.24) is 4.98 Å². The second-order valence-electron chi connectivity index (χ2n) is 6.17. The Bertz CT molecular complexity index is 1060. The lowest BCUT2D eigenvalue weighted by atomic mass is 10.2. The van der Waals surface area contributed by atoms with Gasteiger partial charge in [-0.05, 0) is 37.3 Å². The number of nitrogens with one attached hydrogen (secondary N) is 1. The minimum absolute atomic E-state index is 0.216. The second kappa shape index (κ2) is 10.9. The summed E-state index contributed by atoms with van der Waals surface area (Å²) in [5, 5.41) is 5.30. The van der Waals surface area contributed by atoms with Crippen LogP contribution in [0.4, 0.5) is 14.5 Å². The lowest BCUT2D eigenvalue weighted by Gasteiger charge is -2.11. The average molecular weight is 465 g/mol. The highest BCUT2D eigenvalue weighted by molar-refractivity contribution is 7.99. The van der Waals surface area contributed by atoms with Crippen LogP contribution >= 0.6 is 23.1 Å². The number of thiazole rings is 1. The number of aromatic nitrogens is 1. The molecule has 2 aromatic carbocycles. The van der Waals surface area contributed by atoms with Crippen LogP contribution in [0.1, 0.15) is 21.1 Å². The Balaban J connectivity index is 1.53. The van der Waals surface area contributed by atoms with Crippen LogP contribution in [0.2, 0.25) is 0 Å². The van der Waals surface area contributed by atoms with Gasteiger partial charge in [0.2, 0.25) is 0 Å². The molecule has 6 nitrogen and oxygen atoms in total. The largest absolute Gasteiger partial charge is 0.487 e. The number of halogens is 2. The maximum atomic E-state index is 12.6. The zero-order valence-electron chi connectivity index (χ0n) is 16.3. The fourth-order valence-corrected chi connectivity index (χ4v) is 3.71. The van der Waals surface area contributed by atoms with Crippen LogP contribution in [0.15, 0.2) is 58.8 Å². The molecule has 0 unspecified atom stereocenters. The molecule has 0 radical (unpaired) electrons. The van der Waals surface area contributed by atoms with E-state index in [0.29, 0.717) is 17.5 Å². The molecule has 3 rings (SSSR count). The molecule has 0 fully saturated rings. The Morgan fingerprint density at radius 2 is 2.00 bits per heavy atom. The number of hydrogen-bond acceptors (Lipinski definition) is 7. The van der Waals surface area contributed by atoms with Gasteiger partial charge in [-0.15, -0.1) is 11.3 Å². The maximum Gasteiger partial charge on any atom is 0.338 e. The van der Waals surface area contributed by atoms with Crippen LogP contribution in [0.25, 0.3) is 0 Å². The molecule has 0 saturated heterocycles. The van der Waals surface area contributed by atoms with Gasteiger partial charge in [-0.3, -0.25) is 4.79 Å². The monoisotopic (exact) mass is 464 g/mol. The number of carbonyl (C=O) groups excluding carboxylic acids is 2. The van der Waals surface area contributed by atoms with Crippen LogP contribution in [0.3, 0.4) is 0 Å². The van der Waals surface area contributed by atoms with E-state index in [9.17, 15) is 18.4 Å². The van der Waals surface area contributed by atoms with E-state index >= 15 is 0 Å². The van der Waals surface area contributed by atoms with Crippen LogP contribution in [0, 0.1) is 6.92 Å². The van der Waals surface area contributed by atoms with Gasteiger partial charge in [-0.2, -0.15) is 8.78 Å². The molecular formula is C21H18F2N2O4S2. The van der Waals surface area contributed by atoms with Crippen molar-refractivity contribution in [3.05, 3.63) is 70.2 Å². The van der Waals surface area contributed by atoms with Crippen LogP contribution in [-0.4, -0.2) is 29.2 Å². The number of anilines is 1. The Labute approximate surface area is 185 Å². The summed E-state index contributed by atoms with van der Waals surface area (Å²) in [6.07, 6.45) is 0. The molecule has 0 saturated carbocycles. The molecule has 31 heavy (non-hydrogen) atoms. The van der Waals surface area contributed by atoms with Crippen LogP contribution in [0.5, 0.6) is 5.75 Å². The fourth-order valence-electron chi connectivity index (χ4n) is 2.51. The number of benzene rings is 2. The molecule has 0 aliphatic carbocycles. The van der Waals surface area contributed by atoms with Crippen LogP contribution in [-0.2, 0) is 16.1 Å². The molecule has 0 aliphatic heterocycles. The van der Waals surface area contributed by atoms with E-state index in [2.05, 4.69) is 10.3 Å². The summed E-state index contributed by atoms with van der Waals surface area (Å²) in [4.78, 5) is 28.9. The summed E-state index contributed by atoms with van der Waals surface area (Å²) in [7, 11) is 0. The Hall–Kier alpha value is -2.98. The minimum Gasteiger partial charge on any atom is -0.487 e. The molecular weight excluding hydrogens is 446 g/mol. The predicted molar refractivity (Wildman–Crippen MR) is 115 cm³/mol. The molecule has 162 valence electrons. The predicted octanol–water partition coefficient (Wildman–Crippen LogP) is 5.14. The summed E-state index contributed by atoms with van der Waals surface area (Å²) in [5.74, 6) is -3.50. The van der Waals surface area contributed by atoms with E-state index in [1.807, 2.05) is 12.3 Å². The van der Waals surface area contributed by atoms with Gasteiger partial charge in [-0.25, -0.2) is 9.78 Å². The highest BCUT2D eigenvalue weighted by Crippen LogP contribution is 2.31. The molecule has 1 amide bonds. The molecule has 1 aromatic heterocycles. The number of carbonyl (C=O) groups is 2. The fraction of sp³-hybridized carbons (Fsp3) is 0.190. The van der Waals surface area contributed by atoms with Gasteiger partial charge in [-0.1, -0.05) is 30.0 Å². The quantitative estimate of drug-likeness (QED) is 0.349. The minimum atomic E-state index is -2.62. The zero-order valence-corrected chi connectivity index (χ0v) is 18.0. The highest BCUT2D eigenvalue weighted by atomic mass is 32.2. The summed E-state index contributed by atoms with van der Waals surface area (Å²) >= 11 is 1.84. The van der Waals surface area contributed by atoms with Crippen molar-refractivity contribution < 1.29 is 27.8 Å². The first-order chi connectivity index (χ1) is 14.9. The van der Waals surface area contributed by atoms with Gasteiger partial charge in [0.25, 0.3) is 11.7 Å². The number of aryl methyl sites for hydroxylation is 1. The van der Waals surface area contributed by atoms with Gasteiger partial charge >= 0.3 is 5.97 Å². The topological polar surface area (TPSA) is 77.5 Å². The molecule has 3 aromatic rings. The average Bonchev–Trinajstić information content (AvgIpc) is 3.17. The van der Waals surface area contributed by atoms with Crippen LogP contribution < -0.4 is 10.1 Å². The lowest BCUT2D eigenvalue weighted by Crippen LogP contribution is -2.21. The normalized spacial score (nSPS) is 10.7. The number of ether oxygens (including phenoxy) is 2. The summed E-state index contributed by atoms with van der Waals surface area (Å²) in [6.45, 7) is 1.61. The van der Waals surface area contributed by atoms with E-state index in [0.717, 1.165) is 10.7 Å². The van der Waals surface area contributed by atoms with Gasteiger partial charge in [0.15, 0.2) is 6.61 Å². The van der Waals surface area contributed by atoms with Crippen molar-refractivity contribution in [2.75, 3.05) is 11.9 Å². The smallest absolute Gasteiger partial charge is 0.338 e. The third-order valence-corrected chi connectivity index (χ3v) is 5.45. The van der Waals surface area contributed by atoms with Crippen molar-refractivity contribution >= 4 is 40.7 Å². The number of nitrogens with zero attached hydrogens (tertiary/aromatic N) is 1. The van der Waals surface area contributed by atoms with Gasteiger partial charge in [0, 0.05) is 10.3 Å². The first-order valence-electron chi connectivity index (χ1n) is 9.05. The number of amides is 1. The Morgan fingerprint density at radius 3 is 2.74 bits per heavy atom. The maximum absolute atomic E-state index is 12.6. The second-order valence-corrected chi connectivity index (χ2v) is 8.27. The number of para-hydroxylation sites is 1. The third kappa shape index (κ3) is 7.04. The Kier molecular flexibility index (Phi) is 7.96. The third-order valence-electron chi connectivity index (χ3n) is 3.83. The van der Waals surface area contributed by atoms with E-state index in [1.54, 1.807) is 24.3 Å². The van der Waals surface area contributed by atoms with E-state index in [1.165, 1.54) is 35.6 Å². The van der Waals surface area contributed by atoms with Crippen molar-refractivity contribution in [1.29, 1.82) is 0 Å². The lowest BCUT2D eigenvalue weighted by molar-refractivity contribution is -0.119. The van der Waals surface area contributed by atoms with Crippen molar-refractivity contribution in [3.8, 4) is 5.75 Å². The summed E-state index contributed by atoms with van der Waals surface area (Å²) < 4.78 is 35.9. The highest BCUT2D eigenvalue weighted by Gasteiger charge is 2.14. The number of alkyl halides is 2. The van der Waals surface area contributed by atoms with Gasteiger partial charge in [0.1, 0.15) is 12.4 Å². The van der Waals surface area contributed by atoms with Gasteiger partial charge < -0.3 is 14.8 Å². The van der Waals surface area contributed by atoms with Crippen molar-refractivity contribution in [2.45, 2.75) is 24.2 Å². The molecule has 0 aliphatic rings. The van der Waals surface area contributed by atoms with Crippen molar-refractivity contribution in [3.63, 3.8) is 0 Å². The first kappa shape index (κ1) is 22.7. The summed E-state index contributed by atoms with van der Waals surface area (Å²) in [5.41, 5.74) is 1.23. The zero-order chi connectivity index (χ0) is 22.2. The van der Waals surface area contributed by atoms with Gasteiger partial charge in [0.05, 0.1) is 22.0 Å². The number of esters is 1. The van der Waals surface area contributed by atoms with E-state index < -0.39 is 24.2 Å². The van der Waals surface area contributed by atoms with Crippen molar-refractivity contribution in [2.24, 2.45) is 0 Å². The number of rotatable bonds is 9. The molecule has 0 bridgehead atoms. The standard InChI is InChI=1S/C21H18F2N2O4S2/c1-13-24-15(12-30-13)10-28-16-6-4-5-14(9-16)20(27)29-11-19(26)25-17-7-2-3-8-18(17)31-21(22)23/h2-9,12,21H,10-11H2,1H3,(H,25,26). The molecule has 1 heterocycles. The molecule has 0 atom stereocenters. The summed E-state index contributed by atoms with van der Waals surface area (Å²) in [6, 6.07) is 12.5. The SMILES string of the molecule is Cc1nc(COc2cccc(C(=O)OCC(=O)Nc3ccccc3SC(F)F)c2)cs1. The van der Waals surface area contributed by atoms with E-state index in [-0.39, 0.29) is 22.8 Å². The first-order valence-corrected chi connectivity index (χ1v) is 10.8.